The Morgan fingerprint density at radius 2 is 1.56 bits per heavy atom. The Balaban J connectivity index is 1.65. The van der Waals surface area contributed by atoms with Crippen molar-refractivity contribution in [2.75, 3.05) is 38.0 Å². The first-order valence-corrected chi connectivity index (χ1v) is 15.6. The predicted octanol–water partition coefficient (Wildman–Crippen LogP) is 7.07. The Kier molecular flexibility index (Phi) is 11.0. The second-order valence-corrected chi connectivity index (χ2v) is 12.5. The third kappa shape index (κ3) is 8.65. The second kappa shape index (κ2) is 14.6. The van der Waals surface area contributed by atoms with Crippen LogP contribution >= 0.6 is 0 Å². The van der Waals surface area contributed by atoms with E-state index in [1.54, 1.807) is 0 Å². The minimum atomic E-state index is -0.0873. The number of likely N-dealkylation sites (tertiary alicyclic amines) is 1. The summed E-state index contributed by atoms with van der Waals surface area (Å²) in [5.41, 5.74) is 4.40. The van der Waals surface area contributed by atoms with Gasteiger partial charge in [0.05, 0.1) is 11.0 Å². The zero-order chi connectivity index (χ0) is 29.4. The second-order valence-electron chi connectivity index (χ2n) is 12.5. The van der Waals surface area contributed by atoms with Gasteiger partial charge in [0.2, 0.25) is 5.91 Å². The van der Waals surface area contributed by atoms with Gasteiger partial charge in [-0.1, -0.05) is 34.1 Å². The van der Waals surface area contributed by atoms with Gasteiger partial charge in [-0.25, -0.2) is 4.98 Å². The zero-order valence-electron chi connectivity index (χ0n) is 25.8. The lowest BCUT2D eigenvalue weighted by atomic mass is 10.1. The number of anilines is 1. The molecule has 3 aromatic rings. The summed E-state index contributed by atoms with van der Waals surface area (Å²) in [4.78, 5) is 35.0. The van der Waals surface area contributed by atoms with Gasteiger partial charge in [-0.2, -0.15) is 0 Å². The van der Waals surface area contributed by atoms with E-state index in [2.05, 4.69) is 48.5 Å². The highest BCUT2D eigenvalue weighted by molar-refractivity contribution is 5.98. The number of fused-ring (bicyclic) bond motifs is 1. The number of carbonyl (C=O) groups excluding carboxylic acids is 2. The Labute approximate surface area is 246 Å². The summed E-state index contributed by atoms with van der Waals surface area (Å²) in [6, 6.07) is 13.9. The Bertz CT molecular complexity index is 1280. The van der Waals surface area contributed by atoms with Gasteiger partial charge in [-0.15, -0.1) is 0 Å². The molecule has 4 rings (SSSR count). The van der Waals surface area contributed by atoms with Crippen molar-refractivity contribution < 1.29 is 9.59 Å². The third-order valence-corrected chi connectivity index (χ3v) is 8.00. The number of imidazole rings is 1. The van der Waals surface area contributed by atoms with Crippen molar-refractivity contribution in [1.82, 2.24) is 19.4 Å². The molecule has 0 spiro atoms. The summed E-state index contributed by atoms with van der Waals surface area (Å²) >= 11 is 0. The molecular weight excluding hydrogens is 510 g/mol. The van der Waals surface area contributed by atoms with Crippen molar-refractivity contribution >= 4 is 28.5 Å². The largest absolute Gasteiger partial charge is 0.339 e. The average molecular weight is 560 g/mol. The SMILES string of the molecule is CC(=O)Nc1ccc(-c2nc3ccc(C(=O)N(CCC(C)C)CCC(C)C)cc3n2CCCN2CCCCC2)cc1. The molecule has 2 heterocycles. The Morgan fingerprint density at radius 3 is 2.17 bits per heavy atom. The van der Waals surface area contributed by atoms with E-state index in [1.165, 1.54) is 39.3 Å². The third-order valence-electron chi connectivity index (χ3n) is 8.00. The molecule has 1 fully saturated rings. The first-order chi connectivity index (χ1) is 19.7. The average Bonchev–Trinajstić information content (AvgIpc) is 3.31. The molecule has 2 amide bonds. The van der Waals surface area contributed by atoms with E-state index in [4.69, 9.17) is 4.98 Å². The van der Waals surface area contributed by atoms with Gasteiger partial charge in [0.1, 0.15) is 5.82 Å². The zero-order valence-corrected chi connectivity index (χ0v) is 25.8. The number of aryl methyl sites for hydroxylation is 1. The van der Waals surface area contributed by atoms with Crippen molar-refractivity contribution in [3.63, 3.8) is 0 Å². The molecule has 0 bridgehead atoms. The summed E-state index contributed by atoms with van der Waals surface area (Å²) in [5.74, 6) is 2.01. The van der Waals surface area contributed by atoms with Gasteiger partial charge in [-0.05, 0) is 106 Å². The van der Waals surface area contributed by atoms with Crippen molar-refractivity contribution in [2.45, 2.75) is 79.7 Å². The van der Waals surface area contributed by atoms with Crippen LogP contribution < -0.4 is 5.32 Å². The number of rotatable bonds is 13. The first kappa shape index (κ1) is 30.8. The monoisotopic (exact) mass is 559 g/mol. The van der Waals surface area contributed by atoms with Gasteiger partial charge < -0.3 is 19.7 Å². The van der Waals surface area contributed by atoms with Crippen molar-refractivity contribution in [1.29, 1.82) is 0 Å². The Morgan fingerprint density at radius 1 is 0.902 bits per heavy atom. The molecule has 0 atom stereocenters. The van der Waals surface area contributed by atoms with Crippen molar-refractivity contribution in [2.24, 2.45) is 11.8 Å². The van der Waals surface area contributed by atoms with Gasteiger partial charge in [0, 0.05) is 43.4 Å². The van der Waals surface area contributed by atoms with Crippen LogP contribution in [0.5, 0.6) is 0 Å². The smallest absolute Gasteiger partial charge is 0.253 e. The highest BCUT2D eigenvalue weighted by atomic mass is 16.2. The van der Waals surface area contributed by atoms with Crippen LogP contribution in [0.25, 0.3) is 22.4 Å². The fourth-order valence-corrected chi connectivity index (χ4v) is 5.57. The maximum Gasteiger partial charge on any atom is 0.253 e. The first-order valence-electron chi connectivity index (χ1n) is 15.6. The van der Waals surface area contributed by atoms with Crippen molar-refractivity contribution in [3.05, 3.63) is 48.0 Å². The van der Waals surface area contributed by atoms with Crippen LogP contribution in [0.2, 0.25) is 0 Å². The standard InChI is InChI=1S/C34H49N5O2/c1-25(2)16-22-38(23-17-26(3)4)34(41)29-12-15-31-32(24-29)39(21-9-20-37-18-7-6-8-19-37)33(36-31)28-10-13-30(14-11-28)35-27(5)40/h10-15,24-26H,6-9,16-23H2,1-5H3,(H,35,40). The van der Waals surface area contributed by atoms with E-state index in [9.17, 15) is 9.59 Å². The lowest BCUT2D eigenvalue weighted by Gasteiger charge is -2.26. The minimum absolute atomic E-state index is 0.0873. The number of nitrogens with zero attached hydrogens (tertiary/aromatic N) is 4. The van der Waals surface area contributed by atoms with Gasteiger partial charge >= 0.3 is 0 Å². The van der Waals surface area contributed by atoms with Crippen LogP contribution in [0, 0.1) is 11.8 Å². The molecule has 1 saturated heterocycles. The summed E-state index contributed by atoms with van der Waals surface area (Å²) < 4.78 is 2.29. The molecule has 1 aliphatic rings. The van der Waals surface area contributed by atoms with Crippen LogP contribution in [-0.2, 0) is 11.3 Å². The van der Waals surface area contributed by atoms with Crippen LogP contribution in [0.1, 0.15) is 83.5 Å². The van der Waals surface area contributed by atoms with Gasteiger partial charge in [0.25, 0.3) is 5.91 Å². The molecule has 0 aliphatic carbocycles. The van der Waals surface area contributed by atoms with Crippen molar-refractivity contribution in [3.8, 4) is 11.4 Å². The van der Waals surface area contributed by atoms with Crippen LogP contribution in [0.3, 0.4) is 0 Å². The Hall–Kier alpha value is -3.19. The number of benzene rings is 2. The highest BCUT2D eigenvalue weighted by Crippen LogP contribution is 2.28. The lowest BCUT2D eigenvalue weighted by Crippen LogP contribution is -2.34. The number of aromatic nitrogens is 2. The number of amides is 2. The molecule has 2 aromatic carbocycles. The molecule has 1 aromatic heterocycles. The van der Waals surface area contributed by atoms with Crippen LogP contribution in [0.4, 0.5) is 5.69 Å². The van der Waals surface area contributed by atoms with Gasteiger partial charge in [-0.3, -0.25) is 9.59 Å². The fourth-order valence-electron chi connectivity index (χ4n) is 5.57. The van der Waals surface area contributed by atoms with E-state index in [0.29, 0.717) is 11.8 Å². The number of piperidine rings is 1. The summed E-state index contributed by atoms with van der Waals surface area (Å²) in [6.45, 7) is 16.2. The molecule has 7 heteroatoms. The number of hydrogen-bond donors (Lipinski definition) is 1. The lowest BCUT2D eigenvalue weighted by molar-refractivity contribution is -0.114. The normalized spacial score (nSPS) is 14.2. The predicted molar refractivity (Wildman–Crippen MR) is 169 cm³/mol. The minimum Gasteiger partial charge on any atom is -0.339 e. The van der Waals surface area contributed by atoms with E-state index in [1.807, 2.05) is 41.3 Å². The molecule has 1 aliphatic heterocycles. The van der Waals surface area contributed by atoms with E-state index in [0.717, 1.165) is 79.1 Å². The van der Waals surface area contributed by atoms with Gasteiger partial charge in [0.15, 0.2) is 0 Å². The summed E-state index contributed by atoms with van der Waals surface area (Å²) in [5, 5.41) is 2.85. The highest BCUT2D eigenvalue weighted by Gasteiger charge is 2.20. The van der Waals surface area contributed by atoms with E-state index < -0.39 is 0 Å². The molecule has 41 heavy (non-hydrogen) atoms. The number of hydrogen-bond acceptors (Lipinski definition) is 4. The van der Waals surface area contributed by atoms with Crippen LogP contribution in [-0.4, -0.2) is 63.9 Å². The number of nitrogens with one attached hydrogen (secondary N) is 1. The van der Waals surface area contributed by atoms with Crippen LogP contribution in [0.15, 0.2) is 42.5 Å². The molecule has 7 nitrogen and oxygen atoms in total. The maximum absolute atomic E-state index is 13.8. The maximum atomic E-state index is 13.8. The molecular formula is C34H49N5O2. The van der Waals surface area contributed by atoms with E-state index >= 15 is 0 Å². The number of carbonyl (C=O) groups is 2. The topological polar surface area (TPSA) is 70.5 Å². The quantitative estimate of drug-likeness (QED) is 0.243. The molecule has 0 radical (unpaired) electrons. The summed E-state index contributed by atoms with van der Waals surface area (Å²) in [6.07, 6.45) is 6.93. The molecule has 1 N–H and O–H groups in total. The molecule has 0 unspecified atom stereocenters. The molecule has 222 valence electrons. The fraction of sp³-hybridized carbons (Fsp3) is 0.559. The summed E-state index contributed by atoms with van der Waals surface area (Å²) in [7, 11) is 0. The van der Waals surface area contributed by atoms with E-state index in [-0.39, 0.29) is 11.8 Å². The molecule has 0 saturated carbocycles.